The normalized spacial score (nSPS) is 10.9. The zero-order chi connectivity index (χ0) is 9.52. The quantitative estimate of drug-likeness (QED) is 0.689. The fourth-order valence-electron chi connectivity index (χ4n) is 0.870. The molecule has 0 unspecified atom stereocenters. The van der Waals surface area contributed by atoms with Gasteiger partial charge < -0.3 is 0 Å². The summed E-state index contributed by atoms with van der Waals surface area (Å²) in [6.45, 7) is 4.15. The van der Waals surface area contributed by atoms with Gasteiger partial charge in [0.2, 0.25) is 0 Å². The topological polar surface area (TPSA) is 25.8 Å². The van der Waals surface area contributed by atoms with Crippen LogP contribution in [-0.2, 0) is 0 Å². The largest absolute Gasteiger partial charge is 0.242 e. The smallest absolute Gasteiger partial charge is 0.116 e. The van der Waals surface area contributed by atoms with E-state index in [1.807, 2.05) is 30.8 Å². The lowest BCUT2D eigenvalue weighted by Gasteiger charge is -1.93. The maximum Gasteiger partial charge on any atom is 0.116 e. The minimum atomic E-state index is 0.983. The SMILES string of the molecule is CCCS/C=C/c1cc(C)ncn1. The highest BCUT2D eigenvalue weighted by atomic mass is 32.2. The van der Waals surface area contributed by atoms with Crippen molar-refractivity contribution in [3.05, 3.63) is 29.2 Å². The van der Waals surface area contributed by atoms with E-state index in [-0.39, 0.29) is 0 Å². The van der Waals surface area contributed by atoms with Crippen LogP contribution >= 0.6 is 11.8 Å². The van der Waals surface area contributed by atoms with Gasteiger partial charge in [-0.15, -0.1) is 11.8 Å². The van der Waals surface area contributed by atoms with Crippen LogP contribution < -0.4 is 0 Å². The third-order valence-corrected chi connectivity index (χ3v) is 2.45. The van der Waals surface area contributed by atoms with Gasteiger partial charge in [0.1, 0.15) is 6.33 Å². The van der Waals surface area contributed by atoms with Crippen LogP contribution in [0.1, 0.15) is 24.7 Å². The molecule has 0 spiro atoms. The van der Waals surface area contributed by atoms with E-state index in [4.69, 9.17) is 0 Å². The molecule has 0 aromatic carbocycles. The monoisotopic (exact) mass is 194 g/mol. The predicted octanol–water partition coefficient (Wildman–Crippen LogP) is 2.90. The van der Waals surface area contributed by atoms with Gasteiger partial charge in [-0.05, 0) is 36.6 Å². The molecule has 0 fully saturated rings. The summed E-state index contributed by atoms with van der Waals surface area (Å²) in [5, 5.41) is 2.09. The highest BCUT2D eigenvalue weighted by molar-refractivity contribution is 8.02. The Morgan fingerprint density at radius 2 is 2.31 bits per heavy atom. The van der Waals surface area contributed by atoms with E-state index in [0.717, 1.165) is 11.4 Å². The minimum absolute atomic E-state index is 0.983. The first-order chi connectivity index (χ1) is 6.33. The lowest BCUT2D eigenvalue weighted by Crippen LogP contribution is -1.85. The van der Waals surface area contributed by atoms with Crippen molar-refractivity contribution in [1.29, 1.82) is 0 Å². The van der Waals surface area contributed by atoms with Crippen LogP contribution in [-0.4, -0.2) is 15.7 Å². The molecule has 0 saturated carbocycles. The van der Waals surface area contributed by atoms with Gasteiger partial charge >= 0.3 is 0 Å². The van der Waals surface area contributed by atoms with Crippen LogP contribution in [0.3, 0.4) is 0 Å². The Morgan fingerprint density at radius 1 is 1.46 bits per heavy atom. The number of hydrogen-bond donors (Lipinski definition) is 0. The second kappa shape index (κ2) is 5.75. The lowest BCUT2D eigenvalue weighted by atomic mass is 10.3. The molecule has 0 saturated heterocycles. The van der Waals surface area contributed by atoms with Gasteiger partial charge in [0.15, 0.2) is 0 Å². The molecule has 1 aromatic rings. The van der Waals surface area contributed by atoms with Crippen molar-refractivity contribution in [2.45, 2.75) is 20.3 Å². The Morgan fingerprint density at radius 3 is 3.00 bits per heavy atom. The van der Waals surface area contributed by atoms with Gasteiger partial charge in [-0.1, -0.05) is 6.92 Å². The fraction of sp³-hybridized carbons (Fsp3) is 0.400. The molecule has 2 nitrogen and oxygen atoms in total. The Bertz CT molecular complexity index is 284. The second-order valence-electron chi connectivity index (χ2n) is 2.76. The molecule has 0 aliphatic heterocycles. The first kappa shape index (κ1) is 10.3. The summed E-state index contributed by atoms with van der Waals surface area (Å²) in [6.07, 6.45) is 4.83. The van der Waals surface area contributed by atoms with Gasteiger partial charge in [-0.25, -0.2) is 9.97 Å². The van der Waals surface area contributed by atoms with E-state index in [0.29, 0.717) is 0 Å². The van der Waals surface area contributed by atoms with E-state index >= 15 is 0 Å². The summed E-state index contributed by atoms with van der Waals surface area (Å²) in [5.41, 5.74) is 1.99. The number of aryl methyl sites for hydroxylation is 1. The number of nitrogens with zero attached hydrogens (tertiary/aromatic N) is 2. The van der Waals surface area contributed by atoms with Crippen LogP contribution in [0.25, 0.3) is 6.08 Å². The van der Waals surface area contributed by atoms with Gasteiger partial charge in [-0.3, -0.25) is 0 Å². The first-order valence-corrected chi connectivity index (χ1v) is 5.44. The van der Waals surface area contributed by atoms with Crippen molar-refractivity contribution in [3.63, 3.8) is 0 Å². The highest BCUT2D eigenvalue weighted by Crippen LogP contribution is 2.07. The van der Waals surface area contributed by atoms with Crippen LogP contribution in [0, 0.1) is 6.92 Å². The van der Waals surface area contributed by atoms with Gasteiger partial charge in [0, 0.05) is 5.69 Å². The summed E-state index contributed by atoms with van der Waals surface area (Å²) >= 11 is 1.81. The summed E-state index contributed by atoms with van der Waals surface area (Å²) in [6, 6.07) is 1.98. The maximum absolute atomic E-state index is 4.13. The molecule has 1 rings (SSSR count). The molecule has 0 radical (unpaired) electrons. The Kier molecular flexibility index (Phi) is 4.54. The number of thioether (sulfide) groups is 1. The van der Waals surface area contributed by atoms with Crippen LogP contribution in [0.4, 0.5) is 0 Å². The van der Waals surface area contributed by atoms with Gasteiger partial charge in [-0.2, -0.15) is 0 Å². The Labute approximate surface area is 83.5 Å². The number of aromatic nitrogens is 2. The van der Waals surface area contributed by atoms with Crippen LogP contribution in [0.15, 0.2) is 17.8 Å². The van der Waals surface area contributed by atoms with Crippen molar-refractivity contribution in [3.8, 4) is 0 Å². The Balaban J connectivity index is 2.48. The molecule has 0 atom stereocenters. The third-order valence-electron chi connectivity index (χ3n) is 1.48. The molecule has 1 heterocycles. The van der Waals surface area contributed by atoms with Crippen molar-refractivity contribution >= 4 is 17.8 Å². The van der Waals surface area contributed by atoms with Gasteiger partial charge in [0.25, 0.3) is 0 Å². The predicted molar refractivity (Wildman–Crippen MR) is 58.6 cm³/mol. The van der Waals surface area contributed by atoms with E-state index in [2.05, 4.69) is 22.3 Å². The molecule has 3 heteroatoms. The van der Waals surface area contributed by atoms with Crippen LogP contribution in [0.2, 0.25) is 0 Å². The molecule has 0 amide bonds. The molecule has 70 valence electrons. The lowest BCUT2D eigenvalue weighted by molar-refractivity contribution is 1.09. The zero-order valence-corrected chi connectivity index (χ0v) is 8.84. The standard InChI is InChI=1S/C10H14N2S/c1-3-5-13-6-4-10-7-9(2)11-8-12-10/h4,6-8H,3,5H2,1-2H3/b6-4+. The van der Waals surface area contributed by atoms with Crippen molar-refractivity contribution in [2.24, 2.45) is 0 Å². The van der Waals surface area contributed by atoms with E-state index in [9.17, 15) is 0 Å². The molecule has 0 aliphatic rings. The molecule has 1 aromatic heterocycles. The number of hydrogen-bond acceptors (Lipinski definition) is 3. The molecule has 0 aliphatic carbocycles. The fourth-order valence-corrected chi connectivity index (χ4v) is 1.48. The summed E-state index contributed by atoms with van der Waals surface area (Å²) in [7, 11) is 0. The van der Waals surface area contributed by atoms with E-state index in [1.165, 1.54) is 12.2 Å². The van der Waals surface area contributed by atoms with Crippen molar-refractivity contribution in [2.75, 3.05) is 5.75 Å². The average Bonchev–Trinajstić information content (AvgIpc) is 2.13. The molecular formula is C10H14N2S. The van der Waals surface area contributed by atoms with E-state index in [1.54, 1.807) is 6.33 Å². The van der Waals surface area contributed by atoms with E-state index < -0.39 is 0 Å². The second-order valence-corrected chi connectivity index (χ2v) is 3.77. The third kappa shape index (κ3) is 4.08. The van der Waals surface area contributed by atoms with Gasteiger partial charge in [0.05, 0.1) is 5.69 Å². The summed E-state index contributed by atoms with van der Waals surface area (Å²) in [4.78, 5) is 8.16. The molecule has 0 N–H and O–H groups in total. The molecule has 13 heavy (non-hydrogen) atoms. The summed E-state index contributed by atoms with van der Waals surface area (Å²) in [5.74, 6) is 1.17. The maximum atomic E-state index is 4.13. The van der Waals surface area contributed by atoms with Crippen LogP contribution in [0.5, 0.6) is 0 Å². The zero-order valence-electron chi connectivity index (χ0n) is 8.03. The highest BCUT2D eigenvalue weighted by Gasteiger charge is 1.88. The molecular weight excluding hydrogens is 180 g/mol. The summed E-state index contributed by atoms with van der Waals surface area (Å²) < 4.78 is 0. The van der Waals surface area contributed by atoms with Crippen molar-refractivity contribution < 1.29 is 0 Å². The number of rotatable bonds is 4. The first-order valence-electron chi connectivity index (χ1n) is 4.39. The van der Waals surface area contributed by atoms with Crippen molar-refractivity contribution in [1.82, 2.24) is 9.97 Å². The molecule has 0 bridgehead atoms. The average molecular weight is 194 g/mol. The Hall–Kier alpha value is -0.830. The minimum Gasteiger partial charge on any atom is -0.242 e.